The Morgan fingerprint density at radius 1 is 1.38 bits per heavy atom. The summed E-state index contributed by atoms with van der Waals surface area (Å²) < 4.78 is 14.0. The van der Waals surface area contributed by atoms with Crippen LogP contribution in [-0.2, 0) is 0 Å². The van der Waals surface area contributed by atoms with E-state index >= 15 is 0 Å². The molecular weight excluding hydrogens is 267 g/mol. The maximum absolute atomic E-state index is 14.0. The van der Waals surface area contributed by atoms with Crippen molar-refractivity contribution in [1.82, 2.24) is 5.32 Å². The molecular formula is C17H21FN2O. The standard InChI is InChI=1S/C17H21FN2O/c1-17(9-3-2-4-10-17)20-16(21)14-8-7-13(6-5-11-19)12-15(14)18/h7-8,12H,2-4,9-11,19H2,1H3,(H,20,21). The van der Waals surface area contributed by atoms with Crippen LogP contribution in [0, 0.1) is 17.7 Å². The first-order valence-corrected chi connectivity index (χ1v) is 7.35. The van der Waals surface area contributed by atoms with E-state index in [0.29, 0.717) is 5.56 Å². The molecule has 1 aliphatic carbocycles. The lowest BCUT2D eigenvalue weighted by Crippen LogP contribution is -2.47. The highest BCUT2D eigenvalue weighted by molar-refractivity contribution is 5.95. The molecule has 1 aliphatic rings. The van der Waals surface area contributed by atoms with Gasteiger partial charge in [0.15, 0.2) is 0 Å². The number of hydrogen-bond acceptors (Lipinski definition) is 2. The lowest BCUT2D eigenvalue weighted by Gasteiger charge is -2.34. The monoisotopic (exact) mass is 288 g/mol. The Kier molecular flexibility index (Phi) is 4.98. The molecule has 1 aromatic rings. The molecule has 0 saturated heterocycles. The van der Waals surface area contributed by atoms with Crippen LogP contribution in [0.4, 0.5) is 4.39 Å². The van der Waals surface area contributed by atoms with Crippen LogP contribution in [0.1, 0.15) is 54.9 Å². The SMILES string of the molecule is CC1(NC(=O)c2ccc(C#CCN)cc2F)CCCCC1. The van der Waals surface area contributed by atoms with Crippen LogP contribution in [0.15, 0.2) is 18.2 Å². The second kappa shape index (κ2) is 6.73. The van der Waals surface area contributed by atoms with Crippen LogP contribution >= 0.6 is 0 Å². The fourth-order valence-corrected chi connectivity index (χ4v) is 2.73. The van der Waals surface area contributed by atoms with Crippen molar-refractivity contribution in [3.63, 3.8) is 0 Å². The summed E-state index contributed by atoms with van der Waals surface area (Å²) in [7, 11) is 0. The Balaban J connectivity index is 2.12. The quantitative estimate of drug-likeness (QED) is 0.822. The number of amides is 1. The van der Waals surface area contributed by atoms with Gasteiger partial charge >= 0.3 is 0 Å². The van der Waals surface area contributed by atoms with E-state index in [1.807, 2.05) is 6.92 Å². The minimum absolute atomic E-state index is 0.0695. The largest absolute Gasteiger partial charge is 0.347 e. The zero-order valence-corrected chi connectivity index (χ0v) is 12.3. The van der Waals surface area contributed by atoms with Gasteiger partial charge in [-0.05, 0) is 38.0 Å². The third-order valence-corrected chi connectivity index (χ3v) is 3.92. The highest BCUT2D eigenvalue weighted by Crippen LogP contribution is 2.28. The molecule has 0 atom stereocenters. The van der Waals surface area contributed by atoms with Gasteiger partial charge < -0.3 is 11.1 Å². The van der Waals surface area contributed by atoms with E-state index in [4.69, 9.17) is 5.73 Å². The summed E-state index contributed by atoms with van der Waals surface area (Å²) in [5.74, 6) is 4.52. The predicted octanol–water partition coefficient (Wildman–Crippen LogP) is 2.59. The van der Waals surface area contributed by atoms with Gasteiger partial charge in [-0.25, -0.2) is 4.39 Å². The number of carbonyl (C=O) groups excluding carboxylic acids is 1. The molecule has 0 unspecified atom stereocenters. The number of carbonyl (C=O) groups is 1. The van der Waals surface area contributed by atoms with Crippen LogP contribution in [-0.4, -0.2) is 18.0 Å². The van der Waals surface area contributed by atoms with E-state index in [1.54, 1.807) is 6.07 Å². The van der Waals surface area contributed by atoms with Gasteiger partial charge in [0.05, 0.1) is 12.1 Å². The number of halogens is 1. The zero-order chi connectivity index (χ0) is 15.3. The normalized spacial score (nSPS) is 16.7. The van der Waals surface area contributed by atoms with E-state index in [9.17, 15) is 9.18 Å². The summed E-state index contributed by atoms with van der Waals surface area (Å²) in [6.45, 7) is 2.26. The average Bonchev–Trinajstić information content (AvgIpc) is 2.45. The molecule has 3 N–H and O–H groups in total. The molecule has 3 nitrogen and oxygen atoms in total. The summed E-state index contributed by atoms with van der Waals surface area (Å²) in [4.78, 5) is 12.3. The molecule has 4 heteroatoms. The second-order valence-corrected chi connectivity index (χ2v) is 5.78. The minimum atomic E-state index is -0.546. The van der Waals surface area contributed by atoms with Crippen molar-refractivity contribution in [3.8, 4) is 11.8 Å². The first-order chi connectivity index (χ1) is 10.0. The number of nitrogens with two attached hydrogens (primary N) is 1. The molecule has 21 heavy (non-hydrogen) atoms. The molecule has 112 valence electrons. The van der Waals surface area contributed by atoms with E-state index in [1.165, 1.54) is 18.6 Å². The Bertz CT molecular complexity index is 580. The topological polar surface area (TPSA) is 55.1 Å². The van der Waals surface area contributed by atoms with Gasteiger partial charge in [0.25, 0.3) is 5.91 Å². The van der Waals surface area contributed by atoms with Crippen molar-refractivity contribution in [2.45, 2.75) is 44.6 Å². The number of rotatable bonds is 2. The molecule has 0 radical (unpaired) electrons. The molecule has 1 saturated carbocycles. The molecule has 1 amide bonds. The zero-order valence-electron chi connectivity index (χ0n) is 12.3. The number of hydrogen-bond donors (Lipinski definition) is 2. The van der Waals surface area contributed by atoms with Crippen molar-refractivity contribution >= 4 is 5.91 Å². The Hall–Kier alpha value is -1.86. The second-order valence-electron chi connectivity index (χ2n) is 5.78. The lowest BCUT2D eigenvalue weighted by molar-refractivity contribution is 0.0878. The molecule has 0 aromatic heterocycles. The first-order valence-electron chi connectivity index (χ1n) is 7.35. The molecule has 0 bridgehead atoms. The van der Waals surface area contributed by atoms with E-state index in [-0.39, 0.29) is 23.6 Å². The highest BCUT2D eigenvalue weighted by Gasteiger charge is 2.29. The van der Waals surface area contributed by atoms with Gasteiger partial charge in [-0.3, -0.25) is 4.79 Å². The van der Waals surface area contributed by atoms with Gasteiger partial charge in [-0.15, -0.1) is 0 Å². The maximum Gasteiger partial charge on any atom is 0.254 e. The third-order valence-electron chi connectivity index (χ3n) is 3.92. The van der Waals surface area contributed by atoms with Crippen LogP contribution in [0.25, 0.3) is 0 Å². The van der Waals surface area contributed by atoms with Crippen molar-refractivity contribution in [2.24, 2.45) is 5.73 Å². The van der Waals surface area contributed by atoms with Crippen molar-refractivity contribution in [2.75, 3.05) is 6.54 Å². The van der Waals surface area contributed by atoms with Crippen molar-refractivity contribution < 1.29 is 9.18 Å². The summed E-state index contributed by atoms with van der Waals surface area (Å²) in [6, 6.07) is 4.40. The van der Waals surface area contributed by atoms with Gasteiger partial charge in [0, 0.05) is 11.1 Å². The Morgan fingerprint density at radius 2 is 2.10 bits per heavy atom. The average molecular weight is 288 g/mol. The first kappa shape index (κ1) is 15.5. The van der Waals surface area contributed by atoms with Crippen LogP contribution in [0.5, 0.6) is 0 Å². The minimum Gasteiger partial charge on any atom is -0.347 e. The van der Waals surface area contributed by atoms with Crippen LogP contribution in [0.3, 0.4) is 0 Å². The molecule has 0 spiro atoms. The van der Waals surface area contributed by atoms with Gasteiger partial charge in [0.1, 0.15) is 5.82 Å². The lowest BCUT2D eigenvalue weighted by atomic mass is 9.83. The molecule has 1 fully saturated rings. The van der Waals surface area contributed by atoms with Gasteiger partial charge in [-0.2, -0.15) is 0 Å². The Labute approximate surface area is 125 Å². The molecule has 0 aliphatic heterocycles. The van der Waals surface area contributed by atoms with Crippen molar-refractivity contribution in [1.29, 1.82) is 0 Å². The third kappa shape index (κ3) is 4.05. The summed E-state index contributed by atoms with van der Waals surface area (Å²) >= 11 is 0. The summed E-state index contributed by atoms with van der Waals surface area (Å²) in [6.07, 6.45) is 5.30. The smallest absolute Gasteiger partial charge is 0.254 e. The fraction of sp³-hybridized carbons (Fsp3) is 0.471. The molecule has 2 rings (SSSR count). The van der Waals surface area contributed by atoms with E-state index in [0.717, 1.165) is 25.7 Å². The van der Waals surface area contributed by atoms with Crippen LogP contribution < -0.4 is 11.1 Å². The fourth-order valence-electron chi connectivity index (χ4n) is 2.73. The summed E-state index contributed by atoms with van der Waals surface area (Å²) in [5.41, 5.74) is 5.65. The molecule has 0 heterocycles. The van der Waals surface area contributed by atoms with Crippen LogP contribution in [0.2, 0.25) is 0 Å². The van der Waals surface area contributed by atoms with E-state index in [2.05, 4.69) is 17.2 Å². The number of nitrogens with one attached hydrogen (secondary N) is 1. The van der Waals surface area contributed by atoms with E-state index < -0.39 is 5.82 Å². The van der Waals surface area contributed by atoms with Gasteiger partial charge in [0.2, 0.25) is 0 Å². The van der Waals surface area contributed by atoms with Crippen molar-refractivity contribution in [3.05, 3.63) is 35.1 Å². The van der Waals surface area contributed by atoms with Gasteiger partial charge in [-0.1, -0.05) is 31.1 Å². The molecule has 1 aromatic carbocycles. The summed E-state index contributed by atoms with van der Waals surface area (Å²) in [5, 5.41) is 2.98. The number of benzene rings is 1. The highest BCUT2D eigenvalue weighted by atomic mass is 19.1. The predicted molar refractivity (Wildman–Crippen MR) is 81.3 cm³/mol. The maximum atomic E-state index is 14.0. The Morgan fingerprint density at radius 3 is 2.71 bits per heavy atom.